The van der Waals surface area contributed by atoms with Gasteiger partial charge in [-0.25, -0.2) is 14.1 Å². The van der Waals surface area contributed by atoms with E-state index in [2.05, 4.69) is 15.4 Å². The number of carbonyl (C=O) groups is 1. The third kappa shape index (κ3) is 3.99. The zero-order valence-corrected chi connectivity index (χ0v) is 15.1. The van der Waals surface area contributed by atoms with Gasteiger partial charge in [0, 0.05) is 6.42 Å². The Hall–Kier alpha value is -2.94. The molecule has 0 radical (unpaired) electrons. The van der Waals surface area contributed by atoms with E-state index in [4.69, 9.17) is 11.6 Å². The molecule has 2 aromatic carbocycles. The molecule has 146 valence electrons. The van der Waals surface area contributed by atoms with Gasteiger partial charge >= 0.3 is 6.18 Å². The first-order valence-electron chi connectivity index (χ1n) is 8.09. The topological polar surface area (TPSA) is 59.8 Å². The molecule has 10 heteroatoms. The maximum atomic E-state index is 13.9. The summed E-state index contributed by atoms with van der Waals surface area (Å²) in [7, 11) is 0. The SMILES string of the molecule is CCc1nc(C(=O)Nc2cc(C(F)(F)F)ccc2F)nn1-c1ccccc1Cl. The van der Waals surface area contributed by atoms with Gasteiger partial charge in [0.25, 0.3) is 5.91 Å². The summed E-state index contributed by atoms with van der Waals surface area (Å²) in [6.07, 6.45) is -4.27. The van der Waals surface area contributed by atoms with Crippen molar-refractivity contribution in [1.82, 2.24) is 14.8 Å². The fourth-order valence-corrected chi connectivity index (χ4v) is 2.68. The standard InChI is InChI=1S/C18H13ClF4N4O/c1-2-15-25-16(26-27(15)14-6-4-3-5-11(14)19)17(28)24-13-9-10(18(21,22)23)7-8-12(13)20/h3-9H,2H2,1H3,(H,24,28). The van der Waals surface area contributed by atoms with Crippen molar-refractivity contribution in [1.29, 1.82) is 0 Å². The van der Waals surface area contributed by atoms with Crippen LogP contribution in [-0.2, 0) is 12.6 Å². The summed E-state index contributed by atoms with van der Waals surface area (Å²) >= 11 is 6.14. The van der Waals surface area contributed by atoms with E-state index in [1.807, 2.05) is 0 Å². The molecule has 0 saturated carbocycles. The lowest BCUT2D eigenvalue weighted by Crippen LogP contribution is -2.16. The molecule has 0 spiro atoms. The molecule has 1 heterocycles. The number of nitrogens with one attached hydrogen (secondary N) is 1. The van der Waals surface area contributed by atoms with Gasteiger partial charge in [-0.1, -0.05) is 30.7 Å². The molecule has 0 unspecified atom stereocenters. The van der Waals surface area contributed by atoms with Crippen LogP contribution in [0.25, 0.3) is 5.69 Å². The Bertz CT molecular complexity index is 1030. The number of alkyl halides is 3. The lowest BCUT2D eigenvalue weighted by molar-refractivity contribution is -0.137. The van der Waals surface area contributed by atoms with Gasteiger partial charge in [0.1, 0.15) is 11.6 Å². The van der Waals surface area contributed by atoms with E-state index in [0.29, 0.717) is 41.2 Å². The van der Waals surface area contributed by atoms with Crippen LogP contribution in [-0.4, -0.2) is 20.7 Å². The summed E-state index contributed by atoms with van der Waals surface area (Å²) in [6, 6.07) is 8.48. The van der Waals surface area contributed by atoms with Crippen LogP contribution in [0, 0.1) is 5.82 Å². The Balaban J connectivity index is 1.93. The number of nitrogens with zero attached hydrogens (tertiary/aromatic N) is 3. The van der Waals surface area contributed by atoms with Gasteiger partial charge in [0.05, 0.1) is 22.0 Å². The van der Waals surface area contributed by atoms with Crippen molar-refractivity contribution < 1.29 is 22.4 Å². The Labute approximate surface area is 162 Å². The average molecular weight is 413 g/mol. The minimum atomic E-state index is -4.67. The Morgan fingerprint density at radius 1 is 1.21 bits per heavy atom. The van der Waals surface area contributed by atoms with Crippen LogP contribution in [0.2, 0.25) is 5.02 Å². The van der Waals surface area contributed by atoms with E-state index < -0.39 is 29.2 Å². The van der Waals surface area contributed by atoms with Gasteiger partial charge in [-0.15, -0.1) is 5.10 Å². The number of hydrogen-bond acceptors (Lipinski definition) is 3. The number of halogens is 5. The summed E-state index contributed by atoms with van der Waals surface area (Å²) in [5.74, 6) is -1.88. The van der Waals surface area contributed by atoms with Crippen molar-refractivity contribution in [3.8, 4) is 5.69 Å². The minimum absolute atomic E-state index is 0.325. The Kier molecular flexibility index (Phi) is 5.37. The highest BCUT2D eigenvalue weighted by Gasteiger charge is 2.31. The number of benzene rings is 2. The molecule has 0 bridgehead atoms. The van der Waals surface area contributed by atoms with Crippen molar-refractivity contribution in [2.24, 2.45) is 0 Å². The van der Waals surface area contributed by atoms with Crippen LogP contribution in [0.4, 0.5) is 23.2 Å². The van der Waals surface area contributed by atoms with Crippen molar-refractivity contribution >= 4 is 23.2 Å². The normalized spacial score (nSPS) is 11.5. The minimum Gasteiger partial charge on any atom is -0.317 e. The zero-order valence-electron chi connectivity index (χ0n) is 14.4. The lowest BCUT2D eigenvalue weighted by atomic mass is 10.2. The van der Waals surface area contributed by atoms with Crippen molar-refractivity contribution in [3.63, 3.8) is 0 Å². The molecule has 28 heavy (non-hydrogen) atoms. The summed E-state index contributed by atoms with van der Waals surface area (Å²) in [5, 5.41) is 6.53. The van der Waals surface area contributed by atoms with Gasteiger partial charge in [0.15, 0.2) is 0 Å². The lowest BCUT2D eigenvalue weighted by Gasteiger charge is -2.10. The third-order valence-corrected chi connectivity index (χ3v) is 4.14. The molecule has 0 aliphatic heterocycles. The maximum Gasteiger partial charge on any atom is 0.416 e. The molecule has 3 rings (SSSR count). The number of anilines is 1. The van der Waals surface area contributed by atoms with Crippen molar-refractivity contribution in [2.45, 2.75) is 19.5 Å². The van der Waals surface area contributed by atoms with Crippen LogP contribution in [0.3, 0.4) is 0 Å². The quantitative estimate of drug-likeness (QED) is 0.620. The van der Waals surface area contributed by atoms with Gasteiger partial charge in [-0.3, -0.25) is 4.79 Å². The van der Waals surface area contributed by atoms with E-state index >= 15 is 0 Å². The first kappa shape index (κ1) is 19.8. The smallest absolute Gasteiger partial charge is 0.317 e. The van der Waals surface area contributed by atoms with Crippen LogP contribution >= 0.6 is 11.6 Å². The van der Waals surface area contributed by atoms with Gasteiger partial charge < -0.3 is 5.32 Å². The average Bonchev–Trinajstić information content (AvgIpc) is 3.07. The molecular formula is C18H13ClF4N4O. The fraction of sp³-hybridized carbons (Fsp3) is 0.167. The number of hydrogen-bond donors (Lipinski definition) is 1. The second-order valence-electron chi connectivity index (χ2n) is 5.71. The van der Waals surface area contributed by atoms with Crippen LogP contribution in [0.1, 0.15) is 28.9 Å². The molecule has 0 fully saturated rings. The van der Waals surface area contributed by atoms with E-state index in [-0.39, 0.29) is 5.82 Å². The molecule has 0 atom stereocenters. The van der Waals surface area contributed by atoms with Crippen LogP contribution in [0.15, 0.2) is 42.5 Å². The fourth-order valence-electron chi connectivity index (χ4n) is 2.46. The highest BCUT2D eigenvalue weighted by Crippen LogP contribution is 2.32. The number of para-hydroxylation sites is 1. The molecule has 1 amide bonds. The first-order chi connectivity index (χ1) is 13.2. The van der Waals surface area contributed by atoms with E-state index in [0.717, 1.165) is 0 Å². The number of carbonyl (C=O) groups excluding carboxylic acids is 1. The predicted molar refractivity (Wildman–Crippen MR) is 95.1 cm³/mol. The summed E-state index contributed by atoms with van der Waals surface area (Å²) in [5.41, 5.74) is -1.22. The second-order valence-corrected chi connectivity index (χ2v) is 6.12. The number of amides is 1. The molecule has 1 aromatic heterocycles. The summed E-state index contributed by atoms with van der Waals surface area (Å²) < 4.78 is 53.7. The van der Waals surface area contributed by atoms with Crippen LogP contribution < -0.4 is 5.32 Å². The summed E-state index contributed by atoms with van der Waals surface area (Å²) in [6.45, 7) is 1.78. The largest absolute Gasteiger partial charge is 0.416 e. The highest BCUT2D eigenvalue weighted by atomic mass is 35.5. The Morgan fingerprint density at radius 3 is 2.57 bits per heavy atom. The summed E-state index contributed by atoms with van der Waals surface area (Å²) in [4.78, 5) is 16.5. The predicted octanol–water partition coefficient (Wildman–Crippen LogP) is 4.89. The molecule has 3 aromatic rings. The zero-order chi connectivity index (χ0) is 20.5. The number of aromatic nitrogens is 3. The van der Waals surface area contributed by atoms with Gasteiger partial charge in [0.2, 0.25) is 5.82 Å². The molecule has 0 aliphatic rings. The molecular weight excluding hydrogens is 400 g/mol. The van der Waals surface area contributed by atoms with Gasteiger partial charge in [-0.05, 0) is 30.3 Å². The van der Waals surface area contributed by atoms with E-state index in [1.165, 1.54) is 4.68 Å². The molecule has 0 aliphatic carbocycles. The molecule has 5 nitrogen and oxygen atoms in total. The van der Waals surface area contributed by atoms with Crippen molar-refractivity contribution in [2.75, 3.05) is 5.32 Å². The van der Waals surface area contributed by atoms with Crippen molar-refractivity contribution in [3.05, 3.63) is 70.5 Å². The molecule has 0 saturated heterocycles. The van der Waals surface area contributed by atoms with E-state index in [9.17, 15) is 22.4 Å². The maximum absolute atomic E-state index is 13.9. The second kappa shape index (κ2) is 7.59. The van der Waals surface area contributed by atoms with Gasteiger partial charge in [-0.2, -0.15) is 13.2 Å². The third-order valence-electron chi connectivity index (χ3n) is 3.82. The van der Waals surface area contributed by atoms with E-state index in [1.54, 1.807) is 31.2 Å². The first-order valence-corrected chi connectivity index (χ1v) is 8.47. The molecule has 1 N–H and O–H groups in total. The van der Waals surface area contributed by atoms with Crippen LogP contribution in [0.5, 0.6) is 0 Å². The monoisotopic (exact) mass is 412 g/mol. The number of aryl methyl sites for hydroxylation is 1. The number of rotatable bonds is 4. The Morgan fingerprint density at radius 2 is 1.93 bits per heavy atom. The highest BCUT2D eigenvalue weighted by molar-refractivity contribution is 6.32.